The van der Waals surface area contributed by atoms with Gasteiger partial charge in [0.15, 0.2) is 0 Å². The van der Waals surface area contributed by atoms with Gasteiger partial charge in [0.2, 0.25) is 0 Å². The Morgan fingerprint density at radius 3 is 2.34 bits per heavy atom. The molecule has 0 saturated heterocycles. The van der Waals surface area contributed by atoms with E-state index in [1.807, 2.05) is 0 Å². The lowest BCUT2D eigenvalue weighted by Crippen LogP contribution is -2.70. The lowest BCUT2D eigenvalue weighted by Gasteiger charge is -2.66. The van der Waals surface area contributed by atoms with Gasteiger partial charge in [-0.1, -0.05) is 39.8 Å². The Morgan fingerprint density at radius 1 is 0.969 bits per heavy atom. The van der Waals surface area contributed by atoms with Crippen molar-refractivity contribution in [2.45, 2.75) is 110 Å². The zero-order valence-electron chi connectivity index (χ0n) is 20.9. The Labute approximate surface area is 195 Å². The molecule has 0 aromatic carbocycles. The Kier molecular flexibility index (Phi) is 6.68. The van der Waals surface area contributed by atoms with Crippen LogP contribution in [0.3, 0.4) is 0 Å². The van der Waals surface area contributed by atoms with Gasteiger partial charge >= 0.3 is 0 Å². The SMILES string of the molecule is C=C(CC[C@@H](C)[C@H]1CC[C@H]2[C@@H]3C[C@@H](O)C4C[C@@H](O)CC[C@]4(CO)[C@@]3(O)CC[C@]12C)C(C)C. The maximum atomic E-state index is 12.3. The van der Waals surface area contributed by atoms with E-state index in [1.54, 1.807) is 0 Å². The zero-order valence-corrected chi connectivity index (χ0v) is 20.9. The molecule has 4 saturated carbocycles. The second-order valence-electron chi connectivity index (χ2n) is 12.8. The molecular formula is C28H48O4. The molecule has 0 bridgehead atoms. The third-order valence-electron chi connectivity index (χ3n) is 11.3. The van der Waals surface area contributed by atoms with Crippen LogP contribution in [0.15, 0.2) is 12.2 Å². The molecule has 4 nitrogen and oxygen atoms in total. The van der Waals surface area contributed by atoms with E-state index in [9.17, 15) is 20.4 Å². The number of fused-ring (bicyclic) bond motifs is 5. The Bertz CT molecular complexity index is 706. The van der Waals surface area contributed by atoms with Gasteiger partial charge in [-0.3, -0.25) is 0 Å². The molecule has 0 radical (unpaired) electrons. The molecule has 4 aliphatic rings. The number of aliphatic hydroxyl groups excluding tert-OH is 3. The Balaban J connectivity index is 1.58. The Hall–Kier alpha value is -0.420. The molecule has 0 aromatic heterocycles. The van der Waals surface area contributed by atoms with Gasteiger partial charge in [-0.15, -0.1) is 0 Å². The molecule has 184 valence electrons. The number of allylic oxidation sites excluding steroid dienone is 1. The van der Waals surface area contributed by atoms with Crippen molar-refractivity contribution in [3.05, 3.63) is 12.2 Å². The molecule has 0 heterocycles. The van der Waals surface area contributed by atoms with E-state index in [-0.39, 0.29) is 23.9 Å². The van der Waals surface area contributed by atoms with Gasteiger partial charge in [-0.05, 0) is 105 Å². The van der Waals surface area contributed by atoms with Gasteiger partial charge in [-0.25, -0.2) is 0 Å². The third kappa shape index (κ3) is 3.54. The first kappa shape index (κ1) is 24.7. The second-order valence-corrected chi connectivity index (χ2v) is 12.8. The summed E-state index contributed by atoms with van der Waals surface area (Å²) in [4.78, 5) is 0. The maximum absolute atomic E-state index is 12.3. The van der Waals surface area contributed by atoms with Crippen molar-refractivity contribution in [3.8, 4) is 0 Å². The molecule has 0 spiro atoms. The lowest BCUT2D eigenvalue weighted by atomic mass is 9.41. The van der Waals surface area contributed by atoms with E-state index in [0.717, 1.165) is 19.3 Å². The Morgan fingerprint density at radius 2 is 1.69 bits per heavy atom. The van der Waals surface area contributed by atoms with E-state index < -0.39 is 23.2 Å². The number of hydrogen-bond acceptors (Lipinski definition) is 4. The molecule has 0 aliphatic heterocycles. The van der Waals surface area contributed by atoms with Crippen LogP contribution in [-0.4, -0.2) is 44.8 Å². The summed E-state index contributed by atoms with van der Waals surface area (Å²) in [7, 11) is 0. The van der Waals surface area contributed by atoms with Gasteiger partial charge in [0.05, 0.1) is 24.4 Å². The van der Waals surface area contributed by atoms with Crippen LogP contribution in [-0.2, 0) is 0 Å². The van der Waals surface area contributed by atoms with Crippen molar-refractivity contribution in [2.24, 2.45) is 46.3 Å². The number of aliphatic hydroxyl groups is 4. The summed E-state index contributed by atoms with van der Waals surface area (Å²) < 4.78 is 0. The highest BCUT2D eigenvalue weighted by atomic mass is 16.3. The highest BCUT2D eigenvalue weighted by Crippen LogP contribution is 2.69. The van der Waals surface area contributed by atoms with Gasteiger partial charge in [0.1, 0.15) is 0 Å². The van der Waals surface area contributed by atoms with E-state index in [0.29, 0.717) is 55.8 Å². The van der Waals surface area contributed by atoms with Crippen LogP contribution in [0.25, 0.3) is 0 Å². The maximum Gasteiger partial charge on any atom is 0.0761 e. The van der Waals surface area contributed by atoms with Crippen molar-refractivity contribution in [2.75, 3.05) is 6.61 Å². The van der Waals surface area contributed by atoms with Crippen LogP contribution in [0.5, 0.6) is 0 Å². The topological polar surface area (TPSA) is 80.9 Å². The minimum atomic E-state index is -0.931. The van der Waals surface area contributed by atoms with Crippen molar-refractivity contribution in [1.82, 2.24) is 0 Å². The molecular weight excluding hydrogens is 400 g/mol. The molecule has 4 N–H and O–H groups in total. The monoisotopic (exact) mass is 448 g/mol. The summed E-state index contributed by atoms with van der Waals surface area (Å²) in [5, 5.41) is 44.4. The number of rotatable bonds is 6. The second kappa shape index (κ2) is 8.66. The third-order valence-corrected chi connectivity index (χ3v) is 11.3. The zero-order chi connectivity index (χ0) is 23.5. The minimum Gasteiger partial charge on any atom is -0.396 e. The van der Waals surface area contributed by atoms with E-state index in [2.05, 4.69) is 34.3 Å². The first-order valence-electron chi connectivity index (χ1n) is 13.4. The largest absolute Gasteiger partial charge is 0.396 e. The summed E-state index contributed by atoms with van der Waals surface area (Å²) in [5.74, 6) is 2.04. The predicted octanol–water partition coefficient (Wildman–Crippen LogP) is 4.69. The van der Waals surface area contributed by atoms with E-state index in [4.69, 9.17) is 0 Å². The van der Waals surface area contributed by atoms with Gasteiger partial charge in [0, 0.05) is 5.41 Å². The molecule has 32 heavy (non-hydrogen) atoms. The van der Waals surface area contributed by atoms with Crippen molar-refractivity contribution in [1.29, 1.82) is 0 Å². The molecule has 0 amide bonds. The molecule has 4 fully saturated rings. The fourth-order valence-electron chi connectivity index (χ4n) is 9.18. The standard InChI is InChI=1S/C28H48O4/c1-17(2)18(3)6-7-19(4)21-8-9-22-23-15-25(31)24-14-20(30)10-11-27(24,16-29)28(23,32)13-12-26(21,22)5/h17,19-25,29-32H,3,6-16H2,1-2,4-5H3/t19-,20+,21-,22+,23+,24?,25-,26-,27-,28-/m1/s1. The van der Waals surface area contributed by atoms with Crippen LogP contribution < -0.4 is 0 Å². The normalized spacial score (nSPS) is 49.3. The van der Waals surface area contributed by atoms with Crippen molar-refractivity contribution < 1.29 is 20.4 Å². The summed E-state index contributed by atoms with van der Waals surface area (Å²) in [5.41, 5.74) is -0.0676. The van der Waals surface area contributed by atoms with Gasteiger partial charge in [0.25, 0.3) is 0 Å². The molecule has 1 unspecified atom stereocenters. The highest BCUT2D eigenvalue weighted by molar-refractivity contribution is 5.19. The van der Waals surface area contributed by atoms with Gasteiger partial charge in [-0.2, -0.15) is 0 Å². The summed E-state index contributed by atoms with van der Waals surface area (Å²) in [6.07, 6.45) is 7.67. The van der Waals surface area contributed by atoms with Gasteiger partial charge < -0.3 is 20.4 Å². The van der Waals surface area contributed by atoms with E-state index >= 15 is 0 Å². The number of hydrogen-bond donors (Lipinski definition) is 4. The van der Waals surface area contributed by atoms with Crippen LogP contribution >= 0.6 is 0 Å². The van der Waals surface area contributed by atoms with Crippen LogP contribution in [0.2, 0.25) is 0 Å². The molecule has 4 rings (SSSR count). The van der Waals surface area contributed by atoms with E-state index in [1.165, 1.54) is 18.4 Å². The summed E-state index contributed by atoms with van der Waals surface area (Å²) in [6.45, 7) is 13.5. The van der Waals surface area contributed by atoms with Crippen LogP contribution in [0.4, 0.5) is 0 Å². The fourth-order valence-corrected chi connectivity index (χ4v) is 9.18. The fraction of sp³-hybridized carbons (Fsp3) is 0.929. The molecule has 4 heteroatoms. The average molecular weight is 449 g/mol. The van der Waals surface area contributed by atoms with Crippen molar-refractivity contribution in [3.63, 3.8) is 0 Å². The highest BCUT2D eigenvalue weighted by Gasteiger charge is 2.70. The van der Waals surface area contributed by atoms with Crippen LogP contribution in [0.1, 0.15) is 91.9 Å². The minimum absolute atomic E-state index is 0.0396. The molecule has 0 aromatic rings. The predicted molar refractivity (Wildman–Crippen MR) is 128 cm³/mol. The van der Waals surface area contributed by atoms with Crippen LogP contribution in [0, 0.1) is 46.3 Å². The summed E-state index contributed by atoms with van der Waals surface area (Å²) >= 11 is 0. The quantitative estimate of drug-likeness (QED) is 0.444. The molecule has 4 aliphatic carbocycles. The first-order chi connectivity index (χ1) is 15.0. The lowest BCUT2D eigenvalue weighted by molar-refractivity contribution is -0.280. The first-order valence-corrected chi connectivity index (χ1v) is 13.4. The average Bonchev–Trinajstić information content (AvgIpc) is 3.10. The summed E-state index contributed by atoms with van der Waals surface area (Å²) in [6, 6.07) is 0. The molecule has 10 atom stereocenters. The smallest absolute Gasteiger partial charge is 0.0761 e. The van der Waals surface area contributed by atoms with Crippen molar-refractivity contribution >= 4 is 0 Å².